The quantitative estimate of drug-likeness (QED) is 0.701. The van der Waals surface area contributed by atoms with Crippen molar-refractivity contribution < 1.29 is 9.21 Å². The molecule has 0 spiro atoms. The molecule has 0 aliphatic heterocycles. The summed E-state index contributed by atoms with van der Waals surface area (Å²) < 4.78 is 7.64. The highest BCUT2D eigenvalue weighted by atomic mass is 16.3. The Morgan fingerprint density at radius 3 is 2.59 bits per heavy atom. The van der Waals surface area contributed by atoms with E-state index in [1.807, 2.05) is 13.8 Å². The summed E-state index contributed by atoms with van der Waals surface area (Å²) in [6, 6.07) is 3.26. The maximum Gasteiger partial charge on any atom is 0.332 e. The number of furan rings is 1. The molecule has 0 fully saturated rings. The van der Waals surface area contributed by atoms with Crippen molar-refractivity contribution in [1.29, 1.82) is 0 Å². The molecular formula is C18H21N5O4. The van der Waals surface area contributed by atoms with Gasteiger partial charge >= 0.3 is 5.69 Å². The summed E-state index contributed by atoms with van der Waals surface area (Å²) in [5.74, 6) is -0.0276. The molecule has 0 bridgehead atoms. The second-order valence-corrected chi connectivity index (χ2v) is 6.73. The van der Waals surface area contributed by atoms with Crippen molar-refractivity contribution in [3.63, 3.8) is 0 Å². The maximum absolute atomic E-state index is 12.9. The molecule has 0 saturated heterocycles. The Kier molecular flexibility index (Phi) is 4.61. The number of nitrogens with zero attached hydrogens (tertiary/aromatic N) is 3. The monoisotopic (exact) mass is 371 g/mol. The fourth-order valence-electron chi connectivity index (χ4n) is 2.89. The van der Waals surface area contributed by atoms with E-state index in [9.17, 15) is 14.4 Å². The third kappa shape index (κ3) is 3.01. The summed E-state index contributed by atoms with van der Waals surface area (Å²) in [6.07, 6.45) is 1.43. The minimum Gasteiger partial charge on any atom is -0.464 e. The summed E-state index contributed by atoms with van der Waals surface area (Å²) in [5, 5.41) is 2.88. The zero-order valence-corrected chi connectivity index (χ0v) is 15.6. The molecule has 3 heterocycles. The standard InChI is InChI=1S/C18H21N5O4/c1-9(2)8-20-16(24)12-11(10-6-5-7-27-10)13-15(21-14(12)19)22(3)18(26)23(4)17(13)25/h5-7,9H,8H2,1-4H3,(H2,19,21)(H,20,24). The summed E-state index contributed by atoms with van der Waals surface area (Å²) in [7, 11) is 2.85. The van der Waals surface area contributed by atoms with Gasteiger partial charge in [-0.3, -0.25) is 18.7 Å². The van der Waals surface area contributed by atoms with Crippen LogP contribution < -0.4 is 22.3 Å². The maximum atomic E-state index is 12.9. The summed E-state index contributed by atoms with van der Waals surface area (Å²) in [6.45, 7) is 4.35. The van der Waals surface area contributed by atoms with Gasteiger partial charge in [-0.25, -0.2) is 9.78 Å². The molecule has 0 aromatic carbocycles. The Hall–Kier alpha value is -3.36. The lowest BCUT2D eigenvalue weighted by molar-refractivity contribution is 0.0950. The van der Waals surface area contributed by atoms with E-state index in [1.165, 1.54) is 24.9 Å². The largest absolute Gasteiger partial charge is 0.464 e. The Balaban J connectivity index is 2.45. The third-order valence-corrected chi connectivity index (χ3v) is 4.28. The number of anilines is 1. The van der Waals surface area contributed by atoms with Crippen LogP contribution in [0.4, 0.5) is 5.82 Å². The number of aromatic nitrogens is 3. The second-order valence-electron chi connectivity index (χ2n) is 6.73. The van der Waals surface area contributed by atoms with Gasteiger partial charge in [-0.05, 0) is 18.1 Å². The lowest BCUT2D eigenvalue weighted by atomic mass is 10.0. The van der Waals surface area contributed by atoms with Gasteiger partial charge in [0, 0.05) is 20.6 Å². The van der Waals surface area contributed by atoms with E-state index in [1.54, 1.807) is 12.1 Å². The molecule has 3 aromatic heterocycles. The van der Waals surface area contributed by atoms with E-state index in [2.05, 4.69) is 10.3 Å². The van der Waals surface area contributed by atoms with Crippen LogP contribution in [0.2, 0.25) is 0 Å². The van der Waals surface area contributed by atoms with E-state index in [4.69, 9.17) is 10.2 Å². The number of nitrogens with two attached hydrogens (primary N) is 1. The normalized spacial score (nSPS) is 11.3. The van der Waals surface area contributed by atoms with Gasteiger partial charge in [-0.2, -0.15) is 0 Å². The predicted molar refractivity (Wildman–Crippen MR) is 102 cm³/mol. The van der Waals surface area contributed by atoms with Crippen LogP contribution in [0.15, 0.2) is 32.4 Å². The van der Waals surface area contributed by atoms with E-state index < -0.39 is 17.2 Å². The minimum atomic E-state index is -0.579. The molecule has 1 amide bonds. The highest BCUT2D eigenvalue weighted by Crippen LogP contribution is 2.32. The highest BCUT2D eigenvalue weighted by Gasteiger charge is 2.26. The van der Waals surface area contributed by atoms with Gasteiger partial charge in [0.05, 0.1) is 22.8 Å². The van der Waals surface area contributed by atoms with Crippen LogP contribution in [0, 0.1) is 5.92 Å². The Morgan fingerprint density at radius 1 is 1.30 bits per heavy atom. The SMILES string of the molecule is CC(C)CNC(=O)c1c(N)nc2c(c1-c1ccco1)c(=O)n(C)c(=O)n2C. The number of hydrogen-bond donors (Lipinski definition) is 2. The number of rotatable bonds is 4. The van der Waals surface area contributed by atoms with E-state index in [-0.39, 0.29) is 33.9 Å². The fourth-order valence-corrected chi connectivity index (χ4v) is 2.89. The van der Waals surface area contributed by atoms with Crippen molar-refractivity contribution in [3.05, 3.63) is 44.8 Å². The van der Waals surface area contributed by atoms with Gasteiger partial charge in [-0.1, -0.05) is 13.8 Å². The molecule has 3 rings (SSSR count). The molecule has 3 aromatic rings. The van der Waals surface area contributed by atoms with Crippen molar-refractivity contribution in [2.45, 2.75) is 13.8 Å². The van der Waals surface area contributed by atoms with Crippen LogP contribution in [0.25, 0.3) is 22.4 Å². The summed E-state index contributed by atoms with van der Waals surface area (Å²) in [4.78, 5) is 42.1. The number of carbonyl (C=O) groups excluding carboxylic acids is 1. The zero-order chi connectivity index (χ0) is 19.9. The molecule has 3 N–H and O–H groups in total. The smallest absolute Gasteiger partial charge is 0.332 e. The Bertz CT molecular complexity index is 1140. The first-order valence-electron chi connectivity index (χ1n) is 8.45. The van der Waals surface area contributed by atoms with Gasteiger partial charge in [0.15, 0.2) is 5.65 Å². The predicted octanol–water partition coefficient (Wildman–Crippen LogP) is 0.860. The van der Waals surface area contributed by atoms with Crippen molar-refractivity contribution in [2.24, 2.45) is 20.0 Å². The average molecular weight is 371 g/mol. The summed E-state index contributed by atoms with van der Waals surface area (Å²) >= 11 is 0. The number of pyridine rings is 1. The number of nitrogens with one attached hydrogen (secondary N) is 1. The number of nitrogen functional groups attached to an aromatic ring is 1. The lowest BCUT2D eigenvalue weighted by Gasteiger charge is -2.16. The summed E-state index contributed by atoms with van der Waals surface area (Å²) in [5.41, 5.74) is 5.31. The number of hydrogen-bond acceptors (Lipinski definition) is 6. The van der Waals surface area contributed by atoms with Crippen molar-refractivity contribution in [2.75, 3.05) is 12.3 Å². The Labute approximate surface area is 154 Å². The van der Waals surface area contributed by atoms with E-state index in [0.29, 0.717) is 12.3 Å². The van der Waals surface area contributed by atoms with Gasteiger partial charge in [0.25, 0.3) is 11.5 Å². The lowest BCUT2D eigenvalue weighted by Crippen LogP contribution is -2.38. The van der Waals surface area contributed by atoms with Crippen molar-refractivity contribution in [3.8, 4) is 11.3 Å². The van der Waals surface area contributed by atoms with Gasteiger partial charge in [-0.15, -0.1) is 0 Å². The number of fused-ring (bicyclic) bond motifs is 1. The fraction of sp³-hybridized carbons (Fsp3) is 0.333. The average Bonchev–Trinajstić information content (AvgIpc) is 3.16. The second kappa shape index (κ2) is 6.75. The molecular weight excluding hydrogens is 350 g/mol. The number of aryl methyl sites for hydroxylation is 1. The number of amides is 1. The molecule has 27 heavy (non-hydrogen) atoms. The molecule has 0 unspecified atom stereocenters. The van der Waals surface area contributed by atoms with Crippen molar-refractivity contribution in [1.82, 2.24) is 19.4 Å². The molecule has 0 atom stereocenters. The van der Waals surface area contributed by atoms with Gasteiger partial charge in [0.2, 0.25) is 0 Å². The molecule has 0 aliphatic carbocycles. The first-order valence-corrected chi connectivity index (χ1v) is 8.45. The molecule has 0 saturated carbocycles. The van der Waals surface area contributed by atoms with Crippen LogP contribution in [-0.2, 0) is 14.1 Å². The minimum absolute atomic E-state index is 0.0499. The topological polar surface area (TPSA) is 125 Å². The molecule has 0 aliphatic rings. The van der Waals surface area contributed by atoms with Crippen LogP contribution in [-0.4, -0.2) is 26.6 Å². The molecule has 0 radical (unpaired) electrons. The van der Waals surface area contributed by atoms with E-state index >= 15 is 0 Å². The van der Waals surface area contributed by atoms with Gasteiger partial charge < -0.3 is 15.5 Å². The Morgan fingerprint density at radius 2 is 2.00 bits per heavy atom. The van der Waals surface area contributed by atoms with Crippen LogP contribution >= 0.6 is 0 Å². The van der Waals surface area contributed by atoms with E-state index in [0.717, 1.165) is 4.57 Å². The van der Waals surface area contributed by atoms with Gasteiger partial charge in [0.1, 0.15) is 11.6 Å². The zero-order valence-electron chi connectivity index (χ0n) is 15.6. The van der Waals surface area contributed by atoms with Crippen molar-refractivity contribution >= 4 is 22.8 Å². The molecule has 9 heteroatoms. The number of carbonyl (C=O) groups is 1. The van der Waals surface area contributed by atoms with Crippen LogP contribution in [0.1, 0.15) is 24.2 Å². The first-order chi connectivity index (χ1) is 12.7. The highest BCUT2D eigenvalue weighted by molar-refractivity contribution is 6.10. The van der Waals surface area contributed by atoms with Crippen LogP contribution in [0.5, 0.6) is 0 Å². The molecule has 9 nitrogen and oxygen atoms in total. The first kappa shape index (κ1) is 18.4. The van der Waals surface area contributed by atoms with Crippen LogP contribution in [0.3, 0.4) is 0 Å². The molecule has 142 valence electrons. The third-order valence-electron chi connectivity index (χ3n) is 4.28.